The van der Waals surface area contributed by atoms with Gasteiger partial charge in [-0.15, -0.1) is 0 Å². The molecule has 2 aromatic carbocycles. The smallest absolute Gasteiger partial charge is 0.238 e. The summed E-state index contributed by atoms with van der Waals surface area (Å²) in [7, 11) is 0. The van der Waals surface area contributed by atoms with Crippen LogP contribution >= 0.6 is 15.9 Å². The molecule has 0 aromatic heterocycles. The summed E-state index contributed by atoms with van der Waals surface area (Å²) in [6.45, 7) is 1.46. The van der Waals surface area contributed by atoms with Crippen molar-refractivity contribution >= 4 is 27.5 Å². The lowest BCUT2D eigenvalue weighted by Crippen LogP contribution is -2.38. The first kappa shape index (κ1) is 14.8. The second kappa shape index (κ2) is 5.93. The number of carbonyl (C=O) groups is 1. The summed E-state index contributed by atoms with van der Waals surface area (Å²) in [5, 5.41) is 1.44. The largest absolute Gasteiger partial charge is 0.295 e. The Labute approximate surface area is 136 Å². The molecule has 1 N–H and O–H groups in total. The zero-order valence-electron chi connectivity index (χ0n) is 11.9. The van der Waals surface area contributed by atoms with Crippen LogP contribution in [-0.4, -0.2) is 10.9 Å². The fourth-order valence-corrected chi connectivity index (χ4v) is 2.74. The molecule has 1 unspecified atom stereocenters. The number of hydrogen-bond acceptors (Lipinski definition) is 2. The molecule has 112 valence electrons. The summed E-state index contributed by atoms with van der Waals surface area (Å²) >= 11 is 3.39. The molecule has 3 rings (SSSR count). The number of halogens is 2. The Morgan fingerprint density at radius 2 is 1.86 bits per heavy atom. The van der Waals surface area contributed by atoms with Crippen LogP contribution in [-0.2, 0) is 4.79 Å². The summed E-state index contributed by atoms with van der Waals surface area (Å²) in [5.74, 6) is -0.495. The average Bonchev–Trinajstić information content (AvgIpc) is 2.93. The highest BCUT2D eigenvalue weighted by molar-refractivity contribution is 9.10. The number of carbonyl (C=O) groups excluding carboxylic acids is 1. The van der Waals surface area contributed by atoms with Crippen molar-refractivity contribution in [2.45, 2.75) is 13.0 Å². The van der Waals surface area contributed by atoms with E-state index in [1.54, 1.807) is 18.2 Å². The number of benzene rings is 2. The van der Waals surface area contributed by atoms with Gasteiger partial charge in [0.25, 0.3) is 0 Å². The van der Waals surface area contributed by atoms with E-state index < -0.39 is 6.04 Å². The molecule has 1 amide bonds. The van der Waals surface area contributed by atoms with Gasteiger partial charge in [-0.3, -0.25) is 10.2 Å². The Bertz CT molecular complexity index is 743. The lowest BCUT2D eigenvalue weighted by atomic mass is 10.0. The van der Waals surface area contributed by atoms with Crippen molar-refractivity contribution in [2.24, 2.45) is 0 Å². The van der Waals surface area contributed by atoms with Crippen molar-refractivity contribution in [1.29, 1.82) is 0 Å². The molecule has 1 aliphatic heterocycles. The molecule has 0 radical (unpaired) electrons. The molecule has 0 spiro atoms. The van der Waals surface area contributed by atoms with E-state index in [1.807, 2.05) is 30.3 Å². The molecule has 1 heterocycles. The highest BCUT2D eigenvalue weighted by Gasteiger charge is 2.30. The van der Waals surface area contributed by atoms with Crippen LogP contribution in [0.5, 0.6) is 0 Å². The lowest BCUT2D eigenvalue weighted by molar-refractivity contribution is -0.132. The van der Waals surface area contributed by atoms with E-state index in [9.17, 15) is 9.18 Å². The number of nitrogens with one attached hydrogen (secondary N) is 1. The number of nitrogens with zero attached hydrogens (tertiary/aromatic N) is 1. The maximum Gasteiger partial charge on any atom is 0.238 e. The van der Waals surface area contributed by atoms with Gasteiger partial charge < -0.3 is 0 Å². The van der Waals surface area contributed by atoms with Gasteiger partial charge >= 0.3 is 0 Å². The van der Waals surface area contributed by atoms with Crippen molar-refractivity contribution in [1.82, 2.24) is 10.4 Å². The number of amides is 1. The van der Waals surface area contributed by atoms with Gasteiger partial charge in [0.05, 0.1) is 5.70 Å². The first-order chi connectivity index (χ1) is 10.6. The van der Waals surface area contributed by atoms with Crippen LogP contribution in [0.3, 0.4) is 0 Å². The van der Waals surface area contributed by atoms with Crippen molar-refractivity contribution < 1.29 is 9.18 Å². The van der Waals surface area contributed by atoms with Gasteiger partial charge in [-0.25, -0.2) is 9.40 Å². The van der Waals surface area contributed by atoms with Crippen LogP contribution in [0, 0.1) is 5.82 Å². The van der Waals surface area contributed by atoms with E-state index in [0.29, 0.717) is 5.56 Å². The van der Waals surface area contributed by atoms with Crippen molar-refractivity contribution in [3.63, 3.8) is 0 Å². The molecule has 22 heavy (non-hydrogen) atoms. The summed E-state index contributed by atoms with van der Waals surface area (Å²) in [6.07, 6.45) is 1.86. The minimum Gasteiger partial charge on any atom is -0.295 e. The Balaban J connectivity index is 2.01. The van der Waals surface area contributed by atoms with E-state index in [1.165, 1.54) is 18.0 Å². The van der Waals surface area contributed by atoms with Crippen LogP contribution in [0.1, 0.15) is 24.1 Å². The first-order valence-corrected chi connectivity index (χ1v) is 7.64. The van der Waals surface area contributed by atoms with E-state index >= 15 is 0 Å². The molecule has 3 nitrogen and oxygen atoms in total. The fraction of sp³-hybridized carbons (Fsp3) is 0.118. The molecular formula is C17H14BrFN2O. The third-order valence-corrected chi connectivity index (χ3v) is 4.09. The molecule has 1 atom stereocenters. The van der Waals surface area contributed by atoms with Gasteiger partial charge in [0.15, 0.2) is 0 Å². The Hall–Kier alpha value is -2.14. The Morgan fingerprint density at radius 3 is 2.50 bits per heavy atom. The van der Waals surface area contributed by atoms with Crippen LogP contribution in [0.2, 0.25) is 0 Å². The second-order valence-electron chi connectivity index (χ2n) is 5.05. The van der Waals surface area contributed by atoms with Gasteiger partial charge in [-0.05, 0) is 29.8 Å². The minimum atomic E-state index is -0.461. The molecule has 0 bridgehead atoms. The molecular weight excluding hydrogens is 347 g/mol. The molecule has 0 fully saturated rings. The van der Waals surface area contributed by atoms with Gasteiger partial charge in [-0.2, -0.15) is 0 Å². The summed E-state index contributed by atoms with van der Waals surface area (Å²) in [5.41, 5.74) is 5.26. The van der Waals surface area contributed by atoms with Gasteiger partial charge in [0, 0.05) is 17.0 Å². The van der Waals surface area contributed by atoms with E-state index in [0.717, 1.165) is 15.7 Å². The Kier molecular flexibility index (Phi) is 3.98. The quantitative estimate of drug-likeness (QED) is 0.876. The molecule has 1 aliphatic rings. The lowest BCUT2D eigenvalue weighted by Gasteiger charge is -2.24. The zero-order chi connectivity index (χ0) is 15.7. The third-order valence-electron chi connectivity index (χ3n) is 3.56. The Morgan fingerprint density at radius 1 is 1.18 bits per heavy atom. The summed E-state index contributed by atoms with van der Waals surface area (Å²) < 4.78 is 15.0. The molecule has 0 saturated carbocycles. The summed E-state index contributed by atoms with van der Waals surface area (Å²) in [4.78, 5) is 11.9. The van der Waals surface area contributed by atoms with Crippen LogP contribution in [0.4, 0.5) is 4.39 Å². The maximum absolute atomic E-state index is 14.1. The van der Waals surface area contributed by atoms with Gasteiger partial charge in [0.1, 0.15) is 11.9 Å². The van der Waals surface area contributed by atoms with E-state index in [2.05, 4.69) is 21.4 Å². The van der Waals surface area contributed by atoms with E-state index in [-0.39, 0.29) is 11.7 Å². The van der Waals surface area contributed by atoms with Crippen molar-refractivity contribution in [3.05, 3.63) is 76.0 Å². The average molecular weight is 361 g/mol. The topological polar surface area (TPSA) is 32.3 Å². The monoisotopic (exact) mass is 360 g/mol. The molecule has 0 aliphatic carbocycles. The standard InChI is InChI=1S/C17H14BrFN2O/c1-11(22)21-17(14-4-2-3-5-15(14)19)10-16(20-21)12-6-8-13(18)9-7-12/h2-10,17,20H,1H3. The SMILES string of the molecule is CC(=O)N1NC(c2ccc(Br)cc2)=CC1c1ccccc1F. The zero-order valence-corrected chi connectivity index (χ0v) is 13.5. The molecule has 2 aromatic rings. The maximum atomic E-state index is 14.1. The number of hydrogen-bond donors (Lipinski definition) is 1. The highest BCUT2D eigenvalue weighted by Crippen LogP contribution is 2.32. The van der Waals surface area contributed by atoms with Crippen LogP contribution < -0.4 is 5.43 Å². The van der Waals surface area contributed by atoms with Crippen molar-refractivity contribution in [2.75, 3.05) is 0 Å². The second-order valence-corrected chi connectivity index (χ2v) is 5.97. The highest BCUT2D eigenvalue weighted by atomic mass is 79.9. The predicted octanol–water partition coefficient (Wildman–Crippen LogP) is 4.04. The molecule has 5 heteroatoms. The van der Waals surface area contributed by atoms with Crippen molar-refractivity contribution in [3.8, 4) is 0 Å². The minimum absolute atomic E-state index is 0.170. The molecule has 0 saturated heterocycles. The third kappa shape index (κ3) is 2.76. The van der Waals surface area contributed by atoms with E-state index in [4.69, 9.17) is 0 Å². The normalized spacial score (nSPS) is 17.1. The van der Waals surface area contributed by atoms with Crippen LogP contribution in [0.15, 0.2) is 59.1 Å². The summed E-state index contributed by atoms with van der Waals surface area (Å²) in [6, 6.07) is 13.8. The number of hydrazine groups is 1. The van der Waals surface area contributed by atoms with Gasteiger partial charge in [0.2, 0.25) is 5.91 Å². The number of rotatable bonds is 2. The van der Waals surface area contributed by atoms with Gasteiger partial charge in [-0.1, -0.05) is 46.3 Å². The van der Waals surface area contributed by atoms with Crippen LogP contribution in [0.25, 0.3) is 5.70 Å². The fourth-order valence-electron chi connectivity index (χ4n) is 2.48. The predicted molar refractivity (Wildman–Crippen MR) is 86.9 cm³/mol. The first-order valence-electron chi connectivity index (χ1n) is 6.85.